The van der Waals surface area contributed by atoms with Gasteiger partial charge >= 0.3 is 0 Å². The Morgan fingerprint density at radius 2 is 1.57 bits per heavy atom. The van der Waals surface area contributed by atoms with E-state index in [1.807, 2.05) is 21.0 Å². The second kappa shape index (κ2) is 10.8. The van der Waals surface area contributed by atoms with E-state index >= 15 is 0 Å². The van der Waals surface area contributed by atoms with Crippen LogP contribution in [0.25, 0.3) is 0 Å². The summed E-state index contributed by atoms with van der Waals surface area (Å²) in [5.41, 5.74) is 0. The molecule has 0 unspecified atom stereocenters. The minimum Gasteiger partial charge on any atom is -0.857 e. The van der Waals surface area contributed by atoms with Gasteiger partial charge in [-0.2, -0.15) is 4.59 Å². The first kappa shape index (κ1) is 22.1. The first-order valence-electron chi connectivity index (χ1n) is 7.60. The summed E-state index contributed by atoms with van der Waals surface area (Å²) in [5, 5.41) is 31.4. The molecule has 0 aliphatic rings. The zero-order chi connectivity index (χ0) is 17.9. The fourth-order valence-electron chi connectivity index (χ4n) is 1.88. The van der Waals surface area contributed by atoms with Crippen LogP contribution < -0.4 is 10.2 Å². The Labute approximate surface area is 143 Å². The van der Waals surface area contributed by atoms with Gasteiger partial charge in [-0.25, -0.2) is 14.4 Å². The molecule has 0 radical (unpaired) electrons. The first-order valence-corrected chi connectivity index (χ1v) is 8.14. The highest BCUT2D eigenvalue weighted by molar-refractivity contribution is 6.26. The minimum atomic E-state index is -0.451. The standard InChI is InChI=1S/C14H29ClN4O4/c1-6-22-23-10-8-7-9-18(2,3)17-14(21)12-19(4,5)16-13(20)11-15/h6-12H2,1-5H3. The van der Waals surface area contributed by atoms with Gasteiger partial charge in [0.15, 0.2) is 0 Å². The summed E-state index contributed by atoms with van der Waals surface area (Å²) < 4.78 is 0.104. The molecule has 0 spiro atoms. The fraction of sp³-hybridized carbons (Fsp3) is 0.857. The van der Waals surface area contributed by atoms with Gasteiger partial charge < -0.3 is 10.2 Å². The lowest BCUT2D eigenvalue weighted by molar-refractivity contribution is -0.905. The van der Waals surface area contributed by atoms with Gasteiger partial charge in [-0.05, 0) is 13.3 Å². The Hall–Kier alpha value is -0.930. The molecule has 0 aliphatic carbocycles. The molecule has 23 heavy (non-hydrogen) atoms. The van der Waals surface area contributed by atoms with E-state index in [9.17, 15) is 10.2 Å². The van der Waals surface area contributed by atoms with Crippen molar-refractivity contribution in [1.82, 2.24) is 0 Å². The SMILES string of the molecule is CCOOCCCC[N+](C)(C)/N=C(/[O-])C[N+](C)(C)/N=C(/[O-])CCl. The number of hydrogen-bond donors (Lipinski definition) is 0. The van der Waals surface area contributed by atoms with Crippen molar-refractivity contribution in [3.05, 3.63) is 0 Å². The molecule has 0 aromatic rings. The summed E-state index contributed by atoms with van der Waals surface area (Å²) in [4.78, 5) is 9.72. The van der Waals surface area contributed by atoms with Gasteiger partial charge in [-0.1, -0.05) is 5.10 Å². The summed E-state index contributed by atoms with van der Waals surface area (Å²) in [6, 6.07) is 0. The summed E-state index contributed by atoms with van der Waals surface area (Å²) in [6.07, 6.45) is 1.68. The highest BCUT2D eigenvalue weighted by Gasteiger charge is 2.18. The number of unbranched alkanes of at least 4 members (excludes halogenated alkanes) is 1. The van der Waals surface area contributed by atoms with Gasteiger partial charge in [0.1, 0.15) is 13.1 Å². The Morgan fingerprint density at radius 3 is 2.13 bits per heavy atom. The molecule has 9 heteroatoms. The molecule has 0 amide bonds. The molecule has 136 valence electrons. The van der Waals surface area contributed by atoms with E-state index in [2.05, 4.69) is 10.2 Å². The van der Waals surface area contributed by atoms with E-state index in [4.69, 9.17) is 21.4 Å². The summed E-state index contributed by atoms with van der Waals surface area (Å²) in [5.74, 6) is -0.956. The smallest absolute Gasteiger partial charge is 0.137 e. The summed E-state index contributed by atoms with van der Waals surface area (Å²) >= 11 is 5.42. The summed E-state index contributed by atoms with van der Waals surface area (Å²) in [6.45, 7) is 3.61. The van der Waals surface area contributed by atoms with Gasteiger partial charge in [0.05, 0.1) is 53.2 Å². The van der Waals surface area contributed by atoms with Crippen molar-refractivity contribution in [3.8, 4) is 0 Å². The van der Waals surface area contributed by atoms with Gasteiger partial charge in [-0.3, -0.25) is 0 Å². The Balaban J connectivity index is 4.40. The van der Waals surface area contributed by atoms with Crippen molar-refractivity contribution in [3.63, 3.8) is 0 Å². The van der Waals surface area contributed by atoms with E-state index < -0.39 is 5.90 Å². The molecule has 0 saturated carbocycles. The molecular weight excluding hydrogens is 324 g/mol. The van der Waals surface area contributed by atoms with E-state index in [0.29, 0.717) is 19.8 Å². The molecule has 0 fully saturated rings. The number of likely N-dealkylation sites (N-methyl/N-ethyl adjacent to an activating group) is 1. The Morgan fingerprint density at radius 1 is 0.957 bits per heavy atom. The van der Waals surface area contributed by atoms with E-state index in [0.717, 1.165) is 12.8 Å². The number of hydrogen-bond acceptors (Lipinski definition) is 6. The quantitative estimate of drug-likeness (QED) is 0.0898. The van der Waals surface area contributed by atoms with Crippen LogP contribution in [0, 0.1) is 0 Å². The molecule has 0 aromatic heterocycles. The maximum Gasteiger partial charge on any atom is 0.137 e. The van der Waals surface area contributed by atoms with Gasteiger partial charge in [-0.15, -0.1) is 16.7 Å². The molecule has 0 saturated heterocycles. The molecule has 0 atom stereocenters. The minimum absolute atomic E-state index is 0.0117. The normalized spacial score (nSPS) is 14.3. The Kier molecular flexibility index (Phi) is 10.3. The van der Waals surface area contributed by atoms with Crippen LogP contribution in [0.2, 0.25) is 0 Å². The van der Waals surface area contributed by atoms with Crippen molar-refractivity contribution in [2.24, 2.45) is 10.2 Å². The molecular formula is C14H29ClN4O4. The van der Waals surface area contributed by atoms with Crippen LogP contribution in [0.15, 0.2) is 10.2 Å². The predicted molar refractivity (Wildman–Crippen MR) is 86.4 cm³/mol. The fourth-order valence-corrected chi connectivity index (χ4v) is 1.93. The molecule has 8 nitrogen and oxygen atoms in total. The van der Waals surface area contributed by atoms with Crippen LogP contribution in [0.3, 0.4) is 0 Å². The van der Waals surface area contributed by atoms with Crippen molar-refractivity contribution in [1.29, 1.82) is 0 Å². The zero-order valence-electron chi connectivity index (χ0n) is 14.7. The zero-order valence-corrected chi connectivity index (χ0v) is 15.5. The largest absolute Gasteiger partial charge is 0.857 e. The van der Waals surface area contributed by atoms with E-state index in [1.54, 1.807) is 14.1 Å². The topological polar surface area (TPSA) is 89.3 Å². The number of rotatable bonds is 12. The average Bonchev–Trinajstić information content (AvgIpc) is 2.40. The number of quaternary nitrogens is 2. The second-order valence-electron chi connectivity index (χ2n) is 6.18. The molecule has 0 bridgehead atoms. The van der Waals surface area contributed by atoms with Crippen LogP contribution in [-0.2, 0) is 9.78 Å². The molecule has 0 aliphatic heterocycles. The summed E-state index contributed by atoms with van der Waals surface area (Å²) in [7, 11) is 7.01. The number of halogens is 1. The van der Waals surface area contributed by atoms with E-state index in [1.165, 1.54) is 0 Å². The van der Waals surface area contributed by atoms with Gasteiger partial charge in [0.25, 0.3) is 0 Å². The van der Waals surface area contributed by atoms with E-state index in [-0.39, 0.29) is 27.5 Å². The lowest BCUT2D eigenvalue weighted by Crippen LogP contribution is -2.47. The monoisotopic (exact) mass is 352 g/mol. The lowest BCUT2D eigenvalue weighted by Gasteiger charge is -2.29. The Bertz CT molecular complexity index is 400. The van der Waals surface area contributed by atoms with Crippen LogP contribution in [0.1, 0.15) is 19.8 Å². The number of alkyl halides is 1. The van der Waals surface area contributed by atoms with Crippen LogP contribution in [-0.4, -0.2) is 81.4 Å². The molecule has 0 heterocycles. The van der Waals surface area contributed by atoms with Crippen molar-refractivity contribution in [2.45, 2.75) is 19.8 Å². The van der Waals surface area contributed by atoms with Gasteiger partial charge in [0, 0.05) is 12.3 Å². The average molecular weight is 353 g/mol. The molecule has 0 aromatic carbocycles. The highest BCUT2D eigenvalue weighted by Crippen LogP contribution is 2.05. The maximum absolute atomic E-state index is 12.1. The number of nitrogens with zero attached hydrogens (tertiary/aromatic N) is 4. The van der Waals surface area contributed by atoms with Crippen molar-refractivity contribution < 1.29 is 29.2 Å². The van der Waals surface area contributed by atoms with Crippen LogP contribution in [0.4, 0.5) is 0 Å². The van der Waals surface area contributed by atoms with Crippen molar-refractivity contribution in [2.75, 3.05) is 60.4 Å². The third kappa shape index (κ3) is 12.2. The van der Waals surface area contributed by atoms with Crippen LogP contribution >= 0.6 is 11.6 Å². The molecule has 0 N–H and O–H groups in total. The predicted octanol–water partition coefficient (Wildman–Crippen LogP) is -0.526. The lowest BCUT2D eigenvalue weighted by atomic mass is 10.3. The highest BCUT2D eigenvalue weighted by atomic mass is 35.5. The van der Waals surface area contributed by atoms with Gasteiger partial charge in [0.2, 0.25) is 0 Å². The second-order valence-corrected chi connectivity index (χ2v) is 6.45. The molecule has 0 rings (SSSR count). The first-order chi connectivity index (χ1) is 10.6. The van der Waals surface area contributed by atoms with Crippen LogP contribution in [0.5, 0.6) is 0 Å². The third-order valence-corrected chi connectivity index (χ3v) is 3.01. The third-order valence-electron chi connectivity index (χ3n) is 2.79. The van der Waals surface area contributed by atoms with Crippen molar-refractivity contribution >= 4 is 23.4 Å². The maximum atomic E-state index is 12.1.